The van der Waals surface area contributed by atoms with Gasteiger partial charge in [-0.25, -0.2) is 9.97 Å². The highest BCUT2D eigenvalue weighted by atomic mass is 15.2. The van der Waals surface area contributed by atoms with Crippen LogP contribution in [0.2, 0.25) is 0 Å². The van der Waals surface area contributed by atoms with Gasteiger partial charge in [0, 0.05) is 6.20 Å². The summed E-state index contributed by atoms with van der Waals surface area (Å²) < 4.78 is 1.88. The minimum atomic E-state index is 0.466. The quantitative estimate of drug-likeness (QED) is 0.709. The van der Waals surface area contributed by atoms with Crippen LogP contribution in [0.1, 0.15) is 11.1 Å². The lowest BCUT2D eigenvalue weighted by Gasteiger charge is -2.08. The highest BCUT2D eigenvalue weighted by molar-refractivity contribution is 5.76. The van der Waals surface area contributed by atoms with Gasteiger partial charge in [-0.3, -0.25) is 4.57 Å². The maximum absolute atomic E-state index is 6.00. The molecule has 3 aromatic rings. The molecular weight excluding hydrogens is 224 g/mol. The number of benzene rings is 1. The first-order valence-corrected chi connectivity index (χ1v) is 5.83. The van der Waals surface area contributed by atoms with Crippen LogP contribution in [0.15, 0.2) is 36.5 Å². The summed E-state index contributed by atoms with van der Waals surface area (Å²) in [6, 6.07) is 10.1. The summed E-state index contributed by atoms with van der Waals surface area (Å²) in [7, 11) is 0. The molecule has 3 rings (SSSR count). The average Bonchev–Trinajstić information content (AvgIpc) is 2.63. The van der Waals surface area contributed by atoms with Crippen molar-refractivity contribution in [3.8, 4) is 5.69 Å². The van der Waals surface area contributed by atoms with Crippen LogP contribution in [0, 0.1) is 13.8 Å². The molecule has 0 aliphatic rings. The molecular formula is C14H14N4. The molecule has 4 nitrogen and oxygen atoms in total. The zero-order valence-electron chi connectivity index (χ0n) is 10.4. The van der Waals surface area contributed by atoms with Gasteiger partial charge >= 0.3 is 0 Å². The average molecular weight is 238 g/mol. The molecule has 0 aliphatic carbocycles. The zero-order chi connectivity index (χ0) is 12.7. The molecule has 0 saturated carbocycles. The van der Waals surface area contributed by atoms with Crippen molar-refractivity contribution in [3.05, 3.63) is 47.7 Å². The number of hydrogen-bond acceptors (Lipinski definition) is 3. The van der Waals surface area contributed by atoms with E-state index < -0.39 is 0 Å². The molecule has 90 valence electrons. The summed E-state index contributed by atoms with van der Waals surface area (Å²) in [5.41, 5.74) is 11.0. The summed E-state index contributed by atoms with van der Waals surface area (Å²) in [4.78, 5) is 8.69. The number of aromatic nitrogens is 3. The number of fused-ring (bicyclic) bond motifs is 1. The molecule has 1 aromatic carbocycles. The summed E-state index contributed by atoms with van der Waals surface area (Å²) in [6.45, 7) is 4.14. The Hall–Kier alpha value is -2.36. The lowest BCUT2D eigenvalue weighted by atomic mass is 10.1. The molecule has 0 fully saturated rings. The van der Waals surface area contributed by atoms with Crippen molar-refractivity contribution in [1.29, 1.82) is 0 Å². The molecule has 0 bridgehead atoms. The van der Waals surface area contributed by atoms with E-state index >= 15 is 0 Å². The summed E-state index contributed by atoms with van der Waals surface area (Å²) >= 11 is 0. The largest absolute Gasteiger partial charge is 0.369 e. The van der Waals surface area contributed by atoms with Gasteiger partial charge < -0.3 is 5.73 Å². The third-order valence-electron chi connectivity index (χ3n) is 2.91. The van der Waals surface area contributed by atoms with Crippen LogP contribution in [0.25, 0.3) is 16.9 Å². The van der Waals surface area contributed by atoms with E-state index in [1.807, 2.05) is 16.7 Å². The smallest absolute Gasteiger partial charge is 0.207 e. The van der Waals surface area contributed by atoms with E-state index in [-0.39, 0.29) is 0 Å². The lowest BCUT2D eigenvalue weighted by Crippen LogP contribution is -2.02. The highest BCUT2D eigenvalue weighted by Gasteiger charge is 2.10. The van der Waals surface area contributed by atoms with Crippen molar-refractivity contribution in [2.24, 2.45) is 0 Å². The van der Waals surface area contributed by atoms with Crippen LogP contribution in [0.5, 0.6) is 0 Å². The molecule has 2 heterocycles. The van der Waals surface area contributed by atoms with Crippen LogP contribution >= 0.6 is 0 Å². The second-order valence-electron chi connectivity index (χ2n) is 4.50. The van der Waals surface area contributed by atoms with Gasteiger partial charge in [0.1, 0.15) is 5.52 Å². The third kappa shape index (κ3) is 1.62. The second kappa shape index (κ2) is 3.84. The first-order valence-electron chi connectivity index (χ1n) is 5.83. The van der Waals surface area contributed by atoms with Gasteiger partial charge in [-0.1, -0.05) is 6.07 Å². The third-order valence-corrected chi connectivity index (χ3v) is 2.91. The highest BCUT2D eigenvalue weighted by Crippen LogP contribution is 2.22. The molecule has 4 heteroatoms. The number of imidazole rings is 1. The predicted octanol–water partition coefficient (Wildman–Crippen LogP) is 2.62. The number of aryl methyl sites for hydroxylation is 2. The van der Waals surface area contributed by atoms with Crippen molar-refractivity contribution in [3.63, 3.8) is 0 Å². The Morgan fingerprint density at radius 1 is 1.11 bits per heavy atom. The van der Waals surface area contributed by atoms with Gasteiger partial charge in [0.05, 0.1) is 5.69 Å². The normalized spacial score (nSPS) is 11.0. The fourth-order valence-electron chi connectivity index (χ4n) is 2.26. The Morgan fingerprint density at radius 3 is 2.56 bits per heavy atom. The van der Waals surface area contributed by atoms with Gasteiger partial charge in [0.15, 0.2) is 5.65 Å². The van der Waals surface area contributed by atoms with E-state index in [0.717, 1.165) is 16.9 Å². The van der Waals surface area contributed by atoms with Crippen molar-refractivity contribution in [2.45, 2.75) is 13.8 Å². The van der Waals surface area contributed by atoms with Crippen LogP contribution in [0.4, 0.5) is 5.95 Å². The monoisotopic (exact) mass is 238 g/mol. The fourth-order valence-corrected chi connectivity index (χ4v) is 2.26. The van der Waals surface area contributed by atoms with E-state index in [4.69, 9.17) is 5.73 Å². The van der Waals surface area contributed by atoms with Crippen molar-refractivity contribution >= 4 is 17.1 Å². The topological polar surface area (TPSA) is 56.7 Å². The Labute approximate surface area is 105 Å². The maximum atomic E-state index is 6.00. The van der Waals surface area contributed by atoms with E-state index in [1.54, 1.807) is 6.20 Å². The maximum Gasteiger partial charge on any atom is 0.207 e. The Morgan fingerprint density at radius 2 is 1.83 bits per heavy atom. The number of hydrogen-bond donors (Lipinski definition) is 1. The number of pyridine rings is 1. The second-order valence-corrected chi connectivity index (χ2v) is 4.50. The van der Waals surface area contributed by atoms with E-state index in [0.29, 0.717) is 5.95 Å². The minimum absolute atomic E-state index is 0.466. The lowest BCUT2D eigenvalue weighted by molar-refractivity contribution is 1.07. The zero-order valence-corrected chi connectivity index (χ0v) is 10.4. The number of anilines is 1. The van der Waals surface area contributed by atoms with Gasteiger partial charge in [0.25, 0.3) is 0 Å². The molecule has 0 atom stereocenters. The molecule has 0 radical (unpaired) electrons. The molecule has 2 aromatic heterocycles. The van der Waals surface area contributed by atoms with Gasteiger partial charge in [-0.05, 0) is 49.2 Å². The van der Waals surface area contributed by atoms with Crippen molar-refractivity contribution in [1.82, 2.24) is 14.5 Å². The molecule has 0 amide bonds. The summed E-state index contributed by atoms with van der Waals surface area (Å²) in [5, 5.41) is 0. The van der Waals surface area contributed by atoms with E-state index in [9.17, 15) is 0 Å². The number of nitrogen functional groups attached to an aromatic ring is 1. The van der Waals surface area contributed by atoms with Gasteiger partial charge in [-0.15, -0.1) is 0 Å². The first-order chi connectivity index (χ1) is 8.65. The molecule has 0 aliphatic heterocycles. The molecule has 0 spiro atoms. The Kier molecular flexibility index (Phi) is 2.30. The predicted molar refractivity (Wildman–Crippen MR) is 72.8 cm³/mol. The van der Waals surface area contributed by atoms with Crippen LogP contribution in [-0.4, -0.2) is 14.5 Å². The number of rotatable bonds is 1. The van der Waals surface area contributed by atoms with E-state index in [2.05, 4.69) is 42.0 Å². The van der Waals surface area contributed by atoms with Crippen LogP contribution in [-0.2, 0) is 0 Å². The van der Waals surface area contributed by atoms with E-state index in [1.165, 1.54) is 11.1 Å². The first kappa shape index (κ1) is 10.8. The van der Waals surface area contributed by atoms with Crippen molar-refractivity contribution in [2.75, 3.05) is 5.73 Å². The summed E-state index contributed by atoms with van der Waals surface area (Å²) in [5.74, 6) is 0.466. The van der Waals surface area contributed by atoms with Crippen LogP contribution < -0.4 is 5.73 Å². The molecule has 18 heavy (non-hydrogen) atoms. The summed E-state index contributed by atoms with van der Waals surface area (Å²) in [6.07, 6.45) is 1.75. The van der Waals surface area contributed by atoms with Crippen molar-refractivity contribution < 1.29 is 0 Å². The number of nitrogens with two attached hydrogens (primary N) is 1. The molecule has 2 N–H and O–H groups in total. The molecule has 0 unspecified atom stereocenters. The molecule has 0 saturated heterocycles. The van der Waals surface area contributed by atoms with Crippen LogP contribution in [0.3, 0.4) is 0 Å². The van der Waals surface area contributed by atoms with Gasteiger partial charge in [0.2, 0.25) is 5.95 Å². The standard InChI is InChI=1S/C14H14N4/c1-9-6-10(2)8-11(7-9)18-13-12(17-14(18)15)4-3-5-16-13/h3-8H,1-2H3,(H2,15,17). The van der Waals surface area contributed by atoms with Gasteiger partial charge in [-0.2, -0.15) is 0 Å². The minimum Gasteiger partial charge on any atom is -0.369 e. The Balaban J connectivity index is 2.34. The Bertz CT molecular complexity index is 707. The fraction of sp³-hybridized carbons (Fsp3) is 0.143. The SMILES string of the molecule is Cc1cc(C)cc(-n2c(N)nc3cccnc32)c1. The number of nitrogens with zero attached hydrogens (tertiary/aromatic N) is 3.